The van der Waals surface area contributed by atoms with E-state index < -0.39 is 5.92 Å². The van der Waals surface area contributed by atoms with E-state index in [1.807, 2.05) is 38.1 Å². The summed E-state index contributed by atoms with van der Waals surface area (Å²) in [6.07, 6.45) is 7.42. The quantitative estimate of drug-likeness (QED) is 0.204. The number of rotatable bonds is 16. The largest absolute Gasteiger partial charge is 0.462 e. The van der Waals surface area contributed by atoms with E-state index in [-0.39, 0.29) is 17.5 Å². The average Bonchev–Trinajstić information content (AvgIpc) is 2.86. The molecule has 184 valence electrons. The molecule has 1 heterocycles. The van der Waals surface area contributed by atoms with Crippen LogP contribution >= 0.6 is 0 Å². The Bertz CT molecular complexity index is 709. The predicted octanol–water partition coefficient (Wildman–Crippen LogP) is 4.63. The van der Waals surface area contributed by atoms with Crippen molar-refractivity contribution in [2.24, 2.45) is 5.92 Å². The standard InChI is InChI=1S/C27H41NO5/c1-3-25(29)24(26(30)4-2)11-8-6-5-7-10-22-12-14-23(15-13-22)27(31)33-19-9-16-28-17-20-32-21-18-28/h12-15,24H,3-11,16-21H2,1-2H3. The number of nitrogens with zero attached hydrogens (tertiary/aromatic N) is 1. The first-order valence-electron chi connectivity index (χ1n) is 12.7. The number of carbonyl (C=O) groups excluding carboxylic acids is 3. The molecule has 1 aliphatic heterocycles. The summed E-state index contributed by atoms with van der Waals surface area (Å²) in [6, 6.07) is 7.69. The highest BCUT2D eigenvalue weighted by molar-refractivity contribution is 6.02. The molecule has 0 radical (unpaired) electrons. The number of esters is 1. The third-order valence-electron chi connectivity index (χ3n) is 6.33. The second-order valence-electron chi connectivity index (χ2n) is 8.79. The fraction of sp³-hybridized carbons (Fsp3) is 0.667. The van der Waals surface area contributed by atoms with E-state index in [1.165, 1.54) is 5.56 Å². The van der Waals surface area contributed by atoms with Crippen LogP contribution in [-0.2, 0) is 25.5 Å². The number of Topliss-reactive ketones (excluding diaryl/α,β-unsaturated/α-hetero) is 2. The van der Waals surface area contributed by atoms with Crippen LogP contribution in [0.2, 0.25) is 0 Å². The fourth-order valence-electron chi connectivity index (χ4n) is 4.19. The zero-order valence-corrected chi connectivity index (χ0v) is 20.5. The number of ether oxygens (including phenoxy) is 2. The zero-order chi connectivity index (χ0) is 23.9. The highest BCUT2D eigenvalue weighted by Gasteiger charge is 2.22. The molecule has 1 aliphatic rings. The van der Waals surface area contributed by atoms with Crippen LogP contribution in [0.15, 0.2) is 24.3 Å². The monoisotopic (exact) mass is 459 g/mol. The van der Waals surface area contributed by atoms with Gasteiger partial charge in [0, 0.05) is 32.5 Å². The van der Waals surface area contributed by atoms with Gasteiger partial charge in [-0.2, -0.15) is 0 Å². The van der Waals surface area contributed by atoms with Crippen molar-refractivity contribution >= 4 is 17.5 Å². The van der Waals surface area contributed by atoms with Gasteiger partial charge in [-0.25, -0.2) is 4.79 Å². The lowest BCUT2D eigenvalue weighted by atomic mass is 9.90. The van der Waals surface area contributed by atoms with E-state index in [4.69, 9.17) is 9.47 Å². The molecule has 0 unspecified atom stereocenters. The Hall–Kier alpha value is -2.05. The van der Waals surface area contributed by atoms with Crippen LogP contribution in [0.3, 0.4) is 0 Å². The van der Waals surface area contributed by atoms with E-state index in [0.717, 1.165) is 71.4 Å². The molecule has 33 heavy (non-hydrogen) atoms. The van der Waals surface area contributed by atoms with Gasteiger partial charge in [-0.05, 0) is 43.4 Å². The summed E-state index contributed by atoms with van der Waals surface area (Å²) in [5.74, 6) is -0.497. The number of benzene rings is 1. The first-order valence-corrected chi connectivity index (χ1v) is 12.7. The summed E-state index contributed by atoms with van der Waals surface area (Å²) in [5.41, 5.74) is 1.80. The second kappa shape index (κ2) is 15.7. The summed E-state index contributed by atoms with van der Waals surface area (Å²) < 4.78 is 10.7. The van der Waals surface area contributed by atoms with Crippen molar-refractivity contribution in [2.75, 3.05) is 39.5 Å². The summed E-state index contributed by atoms with van der Waals surface area (Å²) in [7, 11) is 0. The normalized spacial score (nSPS) is 14.4. The number of morpholine rings is 1. The molecule has 1 aromatic rings. The minimum absolute atomic E-state index is 0.0811. The van der Waals surface area contributed by atoms with Crippen LogP contribution < -0.4 is 0 Å². The predicted molar refractivity (Wildman–Crippen MR) is 129 cm³/mol. The zero-order valence-electron chi connectivity index (χ0n) is 20.5. The molecule has 0 aliphatic carbocycles. The minimum Gasteiger partial charge on any atom is -0.462 e. The Balaban J connectivity index is 1.59. The average molecular weight is 460 g/mol. The summed E-state index contributed by atoms with van der Waals surface area (Å²) >= 11 is 0. The van der Waals surface area contributed by atoms with Crippen LogP contribution in [0, 0.1) is 5.92 Å². The highest BCUT2D eigenvalue weighted by atomic mass is 16.5. The molecule has 2 rings (SSSR count). The first-order chi connectivity index (χ1) is 16.0. The first kappa shape index (κ1) is 27.2. The number of hydrogen-bond donors (Lipinski definition) is 0. The minimum atomic E-state index is -0.397. The topological polar surface area (TPSA) is 72.9 Å². The smallest absolute Gasteiger partial charge is 0.338 e. The molecule has 0 saturated carbocycles. The molecule has 1 fully saturated rings. The molecule has 6 nitrogen and oxygen atoms in total. The maximum Gasteiger partial charge on any atom is 0.338 e. The number of ketones is 2. The van der Waals surface area contributed by atoms with Crippen molar-refractivity contribution in [3.05, 3.63) is 35.4 Å². The SMILES string of the molecule is CCC(=O)C(CCCCCCc1ccc(C(=O)OCCCN2CCOCC2)cc1)C(=O)CC. The van der Waals surface area contributed by atoms with Crippen LogP contribution in [0.25, 0.3) is 0 Å². The molecule has 6 heteroatoms. The van der Waals surface area contributed by atoms with E-state index in [2.05, 4.69) is 4.90 Å². The third kappa shape index (κ3) is 10.2. The van der Waals surface area contributed by atoms with Gasteiger partial charge in [0.25, 0.3) is 0 Å². The summed E-state index contributed by atoms with van der Waals surface area (Å²) in [4.78, 5) is 38.5. The Morgan fingerprint density at radius 1 is 0.909 bits per heavy atom. The van der Waals surface area contributed by atoms with Gasteiger partial charge in [-0.3, -0.25) is 14.5 Å². The van der Waals surface area contributed by atoms with Gasteiger partial charge >= 0.3 is 5.97 Å². The van der Waals surface area contributed by atoms with Crippen molar-refractivity contribution < 1.29 is 23.9 Å². The summed E-state index contributed by atoms with van der Waals surface area (Å²) in [5, 5.41) is 0. The van der Waals surface area contributed by atoms with Gasteiger partial charge in [0.1, 0.15) is 11.6 Å². The molecule has 0 bridgehead atoms. The van der Waals surface area contributed by atoms with E-state index in [9.17, 15) is 14.4 Å². The lowest BCUT2D eigenvalue weighted by molar-refractivity contribution is -0.132. The Morgan fingerprint density at radius 3 is 2.18 bits per heavy atom. The molecule has 1 aromatic carbocycles. The van der Waals surface area contributed by atoms with E-state index in [1.54, 1.807) is 0 Å². The molecular formula is C27H41NO5. The highest BCUT2D eigenvalue weighted by Crippen LogP contribution is 2.17. The van der Waals surface area contributed by atoms with Gasteiger partial charge in [0.15, 0.2) is 0 Å². The van der Waals surface area contributed by atoms with Crippen molar-refractivity contribution in [1.82, 2.24) is 4.90 Å². The Morgan fingerprint density at radius 2 is 1.55 bits per heavy atom. The maximum absolute atomic E-state index is 12.2. The lowest BCUT2D eigenvalue weighted by Crippen LogP contribution is -2.37. The lowest BCUT2D eigenvalue weighted by Gasteiger charge is -2.26. The van der Waals surface area contributed by atoms with Gasteiger partial charge in [0.05, 0.1) is 31.3 Å². The van der Waals surface area contributed by atoms with E-state index >= 15 is 0 Å². The van der Waals surface area contributed by atoms with Crippen LogP contribution in [0.5, 0.6) is 0 Å². The number of aryl methyl sites for hydroxylation is 1. The molecule has 0 amide bonds. The maximum atomic E-state index is 12.2. The number of carbonyl (C=O) groups is 3. The van der Waals surface area contributed by atoms with Gasteiger partial charge < -0.3 is 9.47 Å². The van der Waals surface area contributed by atoms with Crippen molar-refractivity contribution in [3.63, 3.8) is 0 Å². The third-order valence-corrected chi connectivity index (χ3v) is 6.33. The summed E-state index contributed by atoms with van der Waals surface area (Å²) in [6.45, 7) is 8.50. The van der Waals surface area contributed by atoms with Gasteiger partial charge in [-0.1, -0.05) is 45.2 Å². The number of hydrogen-bond acceptors (Lipinski definition) is 6. The Labute approximate surface area is 199 Å². The molecule has 0 atom stereocenters. The molecule has 0 N–H and O–H groups in total. The van der Waals surface area contributed by atoms with E-state index in [0.29, 0.717) is 31.4 Å². The van der Waals surface area contributed by atoms with Crippen molar-refractivity contribution in [1.29, 1.82) is 0 Å². The van der Waals surface area contributed by atoms with Gasteiger partial charge in [-0.15, -0.1) is 0 Å². The van der Waals surface area contributed by atoms with Crippen LogP contribution in [0.1, 0.15) is 81.1 Å². The fourth-order valence-corrected chi connectivity index (χ4v) is 4.19. The van der Waals surface area contributed by atoms with Crippen molar-refractivity contribution in [2.45, 2.75) is 71.6 Å². The van der Waals surface area contributed by atoms with Gasteiger partial charge in [0.2, 0.25) is 0 Å². The molecule has 0 spiro atoms. The van der Waals surface area contributed by atoms with Crippen molar-refractivity contribution in [3.8, 4) is 0 Å². The molecule has 0 aromatic heterocycles. The number of unbranched alkanes of at least 4 members (excludes halogenated alkanes) is 3. The second-order valence-corrected chi connectivity index (χ2v) is 8.79. The molecule has 1 saturated heterocycles. The Kier molecular flexibility index (Phi) is 13.0. The van der Waals surface area contributed by atoms with Crippen LogP contribution in [0.4, 0.5) is 0 Å². The molecular weight excluding hydrogens is 418 g/mol. The van der Waals surface area contributed by atoms with Crippen LogP contribution in [-0.4, -0.2) is 61.9 Å².